The molecule has 0 saturated carbocycles. The molecular formula is C17H16Cl3NO3S. The Balaban J connectivity index is 1.66. The number of ether oxygens (including phenoxy) is 1. The number of rotatable bonds is 4. The molecule has 134 valence electrons. The maximum atomic E-state index is 12.7. The average Bonchev–Trinajstić information content (AvgIpc) is 2.59. The van der Waals surface area contributed by atoms with Crippen molar-refractivity contribution < 1.29 is 13.2 Å². The second kappa shape index (κ2) is 7.72. The molecule has 0 aromatic heterocycles. The molecule has 0 bridgehead atoms. The van der Waals surface area contributed by atoms with E-state index in [9.17, 15) is 8.42 Å². The largest absolute Gasteiger partial charge is 0.487 e. The maximum Gasteiger partial charge on any atom is 0.243 e. The molecule has 25 heavy (non-hydrogen) atoms. The van der Waals surface area contributed by atoms with Gasteiger partial charge in [-0.2, -0.15) is 4.31 Å². The van der Waals surface area contributed by atoms with Gasteiger partial charge >= 0.3 is 0 Å². The molecule has 0 aliphatic carbocycles. The quantitative estimate of drug-likeness (QED) is 0.708. The van der Waals surface area contributed by atoms with Gasteiger partial charge in [-0.1, -0.05) is 40.9 Å². The molecule has 1 fully saturated rings. The van der Waals surface area contributed by atoms with Crippen molar-refractivity contribution in [3.63, 3.8) is 0 Å². The second-order valence-corrected chi connectivity index (χ2v) is 8.91. The van der Waals surface area contributed by atoms with E-state index in [1.807, 2.05) is 0 Å². The molecule has 0 N–H and O–H groups in total. The summed E-state index contributed by atoms with van der Waals surface area (Å²) in [5.74, 6) is 0.449. The van der Waals surface area contributed by atoms with Gasteiger partial charge in [0.1, 0.15) is 6.10 Å². The van der Waals surface area contributed by atoms with Crippen LogP contribution in [0.2, 0.25) is 15.1 Å². The smallest absolute Gasteiger partial charge is 0.243 e. The Morgan fingerprint density at radius 2 is 1.48 bits per heavy atom. The van der Waals surface area contributed by atoms with E-state index >= 15 is 0 Å². The van der Waals surface area contributed by atoms with E-state index in [2.05, 4.69) is 0 Å². The van der Waals surface area contributed by atoms with Crippen LogP contribution in [0.3, 0.4) is 0 Å². The SMILES string of the molecule is O=S(=O)(c1ccc(Cl)cc1)N1CCC(Oc2c(Cl)cccc2Cl)CC1. The van der Waals surface area contributed by atoms with E-state index in [0.717, 1.165) is 0 Å². The molecule has 1 saturated heterocycles. The Kier molecular flexibility index (Phi) is 5.81. The van der Waals surface area contributed by atoms with Crippen LogP contribution in [0.5, 0.6) is 5.75 Å². The first-order valence-electron chi connectivity index (χ1n) is 7.74. The summed E-state index contributed by atoms with van der Waals surface area (Å²) in [6, 6.07) is 11.4. The van der Waals surface area contributed by atoms with Crippen LogP contribution in [0.15, 0.2) is 47.4 Å². The zero-order chi connectivity index (χ0) is 18.0. The first-order valence-corrected chi connectivity index (χ1v) is 10.3. The fourth-order valence-corrected chi connectivity index (χ4v) is 4.79. The first-order chi connectivity index (χ1) is 11.9. The van der Waals surface area contributed by atoms with Crippen LogP contribution in [0.4, 0.5) is 0 Å². The van der Waals surface area contributed by atoms with Crippen molar-refractivity contribution in [2.24, 2.45) is 0 Å². The summed E-state index contributed by atoms with van der Waals surface area (Å²) in [6.07, 6.45) is 0.997. The Labute approximate surface area is 162 Å². The third-order valence-electron chi connectivity index (χ3n) is 4.06. The van der Waals surface area contributed by atoms with Crippen molar-refractivity contribution in [3.05, 3.63) is 57.5 Å². The Morgan fingerprint density at radius 1 is 0.920 bits per heavy atom. The van der Waals surface area contributed by atoms with E-state index in [-0.39, 0.29) is 11.0 Å². The van der Waals surface area contributed by atoms with Crippen molar-refractivity contribution in [3.8, 4) is 5.75 Å². The van der Waals surface area contributed by atoms with Crippen molar-refractivity contribution in [1.82, 2.24) is 4.31 Å². The van der Waals surface area contributed by atoms with Crippen molar-refractivity contribution in [1.29, 1.82) is 0 Å². The number of benzene rings is 2. The highest BCUT2D eigenvalue weighted by molar-refractivity contribution is 7.89. The molecule has 2 aromatic rings. The van der Waals surface area contributed by atoms with E-state index in [0.29, 0.717) is 46.7 Å². The fourth-order valence-electron chi connectivity index (χ4n) is 2.71. The van der Waals surface area contributed by atoms with Gasteiger partial charge in [0.25, 0.3) is 0 Å². The van der Waals surface area contributed by atoms with Crippen LogP contribution in [-0.2, 0) is 10.0 Å². The molecule has 4 nitrogen and oxygen atoms in total. The first kappa shape index (κ1) is 18.8. The zero-order valence-corrected chi connectivity index (χ0v) is 16.2. The zero-order valence-electron chi connectivity index (χ0n) is 13.2. The highest BCUT2D eigenvalue weighted by Gasteiger charge is 2.30. The third-order valence-corrected chi connectivity index (χ3v) is 6.82. The highest BCUT2D eigenvalue weighted by atomic mass is 35.5. The van der Waals surface area contributed by atoms with Gasteiger partial charge in [-0.3, -0.25) is 0 Å². The maximum absolute atomic E-state index is 12.7. The lowest BCUT2D eigenvalue weighted by Crippen LogP contribution is -2.41. The minimum Gasteiger partial charge on any atom is -0.487 e. The van der Waals surface area contributed by atoms with Crippen molar-refractivity contribution >= 4 is 44.8 Å². The standard InChI is InChI=1S/C17H16Cl3NO3S/c18-12-4-6-14(7-5-12)25(22,23)21-10-8-13(9-11-21)24-17-15(19)2-1-3-16(17)20/h1-7,13H,8-11H2. The molecule has 1 aliphatic heterocycles. The molecule has 1 aliphatic rings. The molecular weight excluding hydrogens is 405 g/mol. The Bertz CT molecular complexity index is 828. The van der Waals surface area contributed by atoms with E-state index in [1.54, 1.807) is 30.3 Å². The van der Waals surface area contributed by atoms with Crippen LogP contribution in [0.25, 0.3) is 0 Å². The van der Waals surface area contributed by atoms with Gasteiger partial charge in [0.2, 0.25) is 10.0 Å². The Hall–Kier alpha value is -0.980. The lowest BCUT2D eigenvalue weighted by molar-refractivity contribution is 0.135. The van der Waals surface area contributed by atoms with Crippen LogP contribution in [0, 0.1) is 0 Å². The van der Waals surface area contributed by atoms with Crippen LogP contribution in [0.1, 0.15) is 12.8 Å². The Morgan fingerprint density at radius 3 is 2.04 bits per heavy atom. The summed E-state index contributed by atoms with van der Waals surface area (Å²) in [5, 5.41) is 1.40. The van der Waals surface area contributed by atoms with Gasteiger partial charge in [0, 0.05) is 18.1 Å². The number of para-hydroxylation sites is 1. The summed E-state index contributed by atoms with van der Waals surface area (Å²) >= 11 is 18.1. The topological polar surface area (TPSA) is 46.6 Å². The molecule has 0 unspecified atom stereocenters. The molecule has 3 rings (SSSR count). The lowest BCUT2D eigenvalue weighted by atomic mass is 10.1. The molecule has 0 atom stereocenters. The third kappa shape index (κ3) is 4.23. The highest BCUT2D eigenvalue weighted by Crippen LogP contribution is 2.34. The molecule has 0 spiro atoms. The van der Waals surface area contributed by atoms with Gasteiger partial charge in [0.05, 0.1) is 14.9 Å². The fraction of sp³-hybridized carbons (Fsp3) is 0.294. The van der Waals surface area contributed by atoms with E-state index in [4.69, 9.17) is 39.5 Å². The van der Waals surface area contributed by atoms with Crippen molar-refractivity contribution in [2.45, 2.75) is 23.8 Å². The van der Waals surface area contributed by atoms with E-state index in [1.165, 1.54) is 16.4 Å². The van der Waals surface area contributed by atoms with Crippen LogP contribution < -0.4 is 4.74 Å². The van der Waals surface area contributed by atoms with Gasteiger partial charge in [-0.25, -0.2) is 8.42 Å². The average molecular weight is 421 g/mol. The predicted molar refractivity (Wildman–Crippen MR) is 100 cm³/mol. The number of piperidine rings is 1. The summed E-state index contributed by atoms with van der Waals surface area (Å²) in [4.78, 5) is 0.241. The predicted octanol–water partition coefficient (Wildman–Crippen LogP) is 4.88. The normalized spacial score (nSPS) is 16.8. The van der Waals surface area contributed by atoms with E-state index < -0.39 is 10.0 Å². The number of sulfonamides is 1. The number of nitrogens with zero attached hydrogens (tertiary/aromatic N) is 1. The molecule has 0 radical (unpaired) electrons. The lowest BCUT2D eigenvalue weighted by Gasteiger charge is -2.31. The summed E-state index contributed by atoms with van der Waals surface area (Å²) in [6.45, 7) is 0.745. The van der Waals surface area contributed by atoms with Crippen LogP contribution in [-0.4, -0.2) is 31.9 Å². The van der Waals surface area contributed by atoms with Gasteiger partial charge in [0.15, 0.2) is 5.75 Å². The molecule has 8 heteroatoms. The minimum atomic E-state index is -3.52. The van der Waals surface area contributed by atoms with Crippen LogP contribution >= 0.6 is 34.8 Å². The summed E-state index contributed by atoms with van der Waals surface area (Å²) < 4.78 is 32.7. The number of hydrogen-bond acceptors (Lipinski definition) is 3. The van der Waals surface area contributed by atoms with Gasteiger partial charge < -0.3 is 4.74 Å². The number of hydrogen-bond donors (Lipinski definition) is 0. The monoisotopic (exact) mass is 419 g/mol. The minimum absolute atomic E-state index is 0.130. The van der Waals surface area contributed by atoms with Gasteiger partial charge in [-0.05, 0) is 49.2 Å². The summed E-state index contributed by atoms with van der Waals surface area (Å²) in [5.41, 5.74) is 0. The summed E-state index contributed by atoms with van der Waals surface area (Å²) in [7, 11) is -3.52. The molecule has 0 amide bonds. The number of halogens is 3. The van der Waals surface area contributed by atoms with Gasteiger partial charge in [-0.15, -0.1) is 0 Å². The molecule has 2 aromatic carbocycles. The second-order valence-electron chi connectivity index (χ2n) is 5.73. The van der Waals surface area contributed by atoms with Crippen molar-refractivity contribution in [2.75, 3.05) is 13.1 Å². The molecule has 1 heterocycles.